The zero-order valence-corrected chi connectivity index (χ0v) is 16.2. The summed E-state index contributed by atoms with van der Waals surface area (Å²) in [5.74, 6) is 0.940. The first-order valence-corrected chi connectivity index (χ1v) is 10.5. The Morgan fingerprint density at radius 3 is 2.41 bits per heavy atom. The summed E-state index contributed by atoms with van der Waals surface area (Å²) in [5.41, 5.74) is 1.16. The number of piperidine rings is 1. The van der Waals surface area contributed by atoms with E-state index in [0.717, 1.165) is 43.7 Å². The first-order valence-electron chi connectivity index (χ1n) is 10.5. The highest BCUT2D eigenvalue weighted by molar-refractivity contribution is 5.92. The summed E-state index contributed by atoms with van der Waals surface area (Å²) in [5, 5.41) is 3.11. The van der Waals surface area contributed by atoms with Crippen LogP contribution in [0.15, 0.2) is 12.4 Å². The summed E-state index contributed by atoms with van der Waals surface area (Å²) in [6, 6.07) is 0.695. The van der Waals surface area contributed by atoms with Crippen LogP contribution < -0.4 is 5.32 Å². The van der Waals surface area contributed by atoms with Gasteiger partial charge < -0.3 is 10.2 Å². The first-order chi connectivity index (χ1) is 13.1. The third kappa shape index (κ3) is 4.14. The zero-order valence-electron chi connectivity index (χ0n) is 16.2. The molecule has 3 aliphatic rings. The van der Waals surface area contributed by atoms with Gasteiger partial charge in [0, 0.05) is 30.7 Å². The normalized spacial score (nSPS) is 27.7. The molecule has 1 saturated carbocycles. The molecule has 6 nitrogen and oxygen atoms in total. The highest BCUT2D eigenvalue weighted by atomic mass is 16.2. The fourth-order valence-electron chi connectivity index (χ4n) is 5.23. The molecule has 0 radical (unpaired) electrons. The van der Waals surface area contributed by atoms with Gasteiger partial charge in [-0.1, -0.05) is 25.7 Å². The Hall–Kier alpha value is -1.98. The SMILES string of the molecule is Cc1cnc(C(=O)NC2C[C@H]3CC[C@@H](C2)N3C(=O)CCC2CCCC2)cn1. The van der Waals surface area contributed by atoms with Crippen LogP contribution in [-0.4, -0.2) is 44.8 Å². The van der Waals surface area contributed by atoms with Gasteiger partial charge in [0.15, 0.2) is 0 Å². The lowest BCUT2D eigenvalue weighted by molar-refractivity contribution is -0.136. The Bertz CT molecular complexity index is 670. The van der Waals surface area contributed by atoms with Crippen molar-refractivity contribution in [1.82, 2.24) is 20.2 Å². The van der Waals surface area contributed by atoms with Crippen LogP contribution >= 0.6 is 0 Å². The topological polar surface area (TPSA) is 75.2 Å². The number of aromatic nitrogens is 2. The summed E-state index contributed by atoms with van der Waals surface area (Å²) in [4.78, 5) is 35.7. The Balaban J connectivity index is 1.30. The van der Waals surface area contributed by atoms with Crippen LogP contribution in [0.25, 0.3) is 0 Å². The molecule has 2 amide bonds. The number of nitrogens with zero attached hydrogens (tertiary/aromatic N) is 3. The Morgan fingerprint density at radius 2 is 1.78 bits per heavy atom. The van der Waals surface area contributed by atoms with E-state index in [1.807, 2.05) is 6.92 Å². The number of carbonyl (C=O) groups is 2. The molecule has 2 bridgehead atoms. The van der Waals surface area contributed by atoms with Crippen molar-refractivity contribution in [2.24, 2.45) is 5.92 Å². The molecule has 3 atom stereocenters. The molecule has 3 heterocycles. The number of nitrogens with one attached hydrogen (secondary N) is 1. The second-order valence-corrected chi connectivity index (χ2v) is 8.56. The standard InChI is InChI=1S/C21H30N4O2/c1-14-12-23-19(13-22-14)21(27)24-16-10-17-7-8-18(11-16)25(17)20(26)9-6-15-4-2-3-5-15/h12-13,15-18H,2-11H2,1H3,(H,24,27)/t16?,17-,18+. The maximum atomic E-state index is 12.8. The fourth-order valence-corrected chi connectivity index (χ4v) is 5.23. The molecule has 4 rings (SSSR count). The van der Waals surface area contributed by atoms with E-state index in [9.17, 15) is 9.59 Å². The summed E-state index contributed by atoms with van der Waals surface area (Å²) < 4.78 is 0. The summed E-state index contributed by atoms with van der Waals surface area (Å²) >= 11 is 0. The smallest absolute Gasteiger partial charge is 0.271 e. The lowest BCUT2D eigenvalue weighted by atomic mass is 9.95. The van der Waals surface area contributed by atoms with Crippen molar-refractivity contribution >= 4 is 11.8 Å². The van der Waals surface area contributed by atoms with Crippen LogP contribution in [0.5, 0.6) is 0 Å². The van der Waals surface area contributed by atoms with Gasteiger partial charge in [-0.25, -0.2) is 4.98 Å². The van der Waals surface area contributed by atoms with Crippen molar-refractivity contribution in [3.05, 3.63) is 23.8 Å². The van der Waals surface area contributed by atoms with E-state index >= 15 is 0 Å². The van der Waals surface area contributed by atoms with Crippen LogP contribution in [0.3, 0.4) is 0 Å². The third-order valence-corrected chi connectivity index (χ3v) is 6.61. The van der Waals surface area contributed by atoms with E-state index in [2.05, 4.69) is 20.2 Å². The average molecular weight is 370 g/mol. The third-order valence-electron chi connectivity index (χ3n) is 6.61. The van der Waals surface area contributed by atoms with Crippen molar-refractivity contribution in [3.63, 3.8) is 0 Å². The molecule has 2 saturated heterocycles. The second-order valence-electron chi connectivity index (χ2n) is 8.56. The summed E-state index contributed by atoms with van der Waals surface area (Å²) in [7, 11) is 0. The van der Waals surface area contributed by atoms with Gasteiger partial charge in [-0.15, -0.1) is 0 Å². The molecule has 3 fully saturated rings. The van der Waals surface area contributed by atoms with Crippen LogP contribution in [0, 0.1) is 12.8 Å². The second kappa shape index (κ2) is 7.95. The van der Waals surface area contributed by atoms with Crippen LogP contribution in [0.4, 0.5) is 0 Å². The van der Waals surface area contributed by atoms with Gasteiger partial charge in [0.1, 0.15) is 5.69 Å². The lowest BCUT2D eigenvalue weighted by Gasteiger charge is -2.39. The maximum absolute atomic E-state index is 12.8. The number of hydrogen-bond acceptors (Lipinski definition) is 4. The Labute approximate surface area is 161 Å². The average Bonchev–Trinajstić information content (AvgIpc) is 3.27. The number of amides is 2. The molecule has 1 aliphatic carbocycles. The minimum absolute atomic E-state index is 0.122. The van der Waals surface area contributed by atoms with Crippen LogP contribution in [0.1, 0.15) is 80.4 Å². The zero-order chi connectivity index (χ0) is 18.8. The highest BCUT2D eigenvalue weighted by Gasteiger charge is 2.43. The van der Waals surface area contributed by atoms with E-state index in [4.69, 9.17) is 0 Å². The van der Waals surface area contributed by atoms with Crippen LogP contribution in [0.2, 0.25) is 0 Å². The van der Waals surface area contributed by atoms with Gasteiger partial charge in [0.25, 0.3) is 5.91 Å². The predicted octanol–water partition coefficient (Wildman–Crippen LogP) is 3.01. The molecule has 1 unspecified atom stereocenters. The van der Waals surface area contributed by atoms with Crippen molar-refractivity contribution in [1.29, 1.82) is 0 Å². The fraction of sp³-hybridized carbons (Fsp3) is 0.714. The molecular formula is C21H30N4O2. The Kier molecular flexibility index (Phi) is 5.41. The van der Waals surface area contributed by atoms with Gasteiger partial charge >= 0.3 is 0 Å². The van der Waals surface area contributed by atoms with E-state index in [1.54, 1.807) is 6.20 Å². The molecule has 2 aliphatic heterocycles. The molecule has 1 aromatic heterocycles. The van der Waals surface area contributed by atoms with Crippen molar-refractivity contribution < 1.29 is 9.59 Å². The van der Waals surface area contributed by atoms with Crippen LogP contribution in [-0.2, 0) is 4.79 Å². The maximum Gasteiger partial charge on any atom is 0.271 e. The number of carbonyl (C=O) groups excluding carboxylic acids is 2. The number of fused-ring (bicyclic) bond motifs is 2. The molecule has 6 heteroatoms. The molecular weight excluding hydrogens is 340 g/mol. The number of rotatable bonds is 5. The van der Waals surface area contributed by atoms with E-state index < -0.39 is 0 Å². The van der Waals surface area contributed by atoms with E-state index in [-0.39, 0.29) is 24.0 Å². The molecule has 27 heavy (non-hydrogen) atoms. The molecule has 0 aromatic carbocycles. The largest absolute Gasteiger partial charge is 0.348 e. The number of hydrogen-bond donors (Lipinski definition) is 1. The minimum Gasteiger partial charge on any atom is -0.348 e. The monoisotopic (exact) mass is 370 g/mol. The number of aryl methyl sites for hydroxylation is 1. The van der Waals surface area contributed by atoms with E-state index in [0.29, 0.717) is 18.0 Å². The molecule has 1 aromatic rings. The quantitative estimate of drug-likeness (QED) is 0.864. The van der Waals surface area contributed by atoms with Gasteiger partial charge in [0.05, 0.1) is 11.9 Å². The first kappa shape index (κ1) is 18.4. The summed E-state index contributed by atoms with van der Waals surface area (Å²) in [6.07, 6.45) is 14.0. The summed E-state index contributed by atoms with van der Waals surface area (Å²) in [6.45, 7) is 1.85. The molecule has 146 valence electrons. The predicted molar refractivity (Wildman–Crippen MR) is 102 cm³/mol. The molecule has 0 spiro atoms. The molecule has 1 N–H and O–H groups in total. The van der Waals surface area contributed by atoms with Crippen molar-refractivity contribution in [2.45, 2.75) is 89.3 Å². The van der Waals surface area contributed by atoms with Gasteiger partial charge in [-0.2, -0.15) is 0 Å². The minimum atomic E-state index is -0.159. The van der Waals surface area contributed by atoms with Gasteiger partial charge in [-0.3, -0.25) is 14.6 Å². The van der Waals surface area contributed by atoms with Gasteiger partial charge in [-0.05, 0) is 44.9 Å². The Morgan fingerprint density at radius 1 is 1.07 bits per heavy atom. The lowest BCUT2D eigenvalue weighted by Crippen LogP contribution is -2.52. The van der Waals surface area contributed by atoms with Crippen molar-refractivity contribution in [2.75, 3.05) is 0 Å². The van der Waals surface area contributed by atoms with E-state index in [1.165, 1.54) is 31.9 Å². The van der Waals surface area contributed by atoms with Gasteiger partial charge in [0.2, 0.25) is 5.91 Å². The van der Waals surface area contributed by atoms with Crippen molar-refractivity contribution in [3.8, 4) is 0 Å². The highest BCUT2D eigenvalue weighted by Crippen LogP contribution is 2.37.